The van der Waals surface area contributed by atoms with E-state index in [1.807, 2.05) is 6.08 Å². The summed E-state index contributed by atoms with van der Waals surface area (Å²) in [5.74, 6) is -1.09. The van der Waals surface area contributed by atoms with Gasteiger partial charge in [-0.1, -0.05) is 12.1 Å². The molecule has 1 aromatic rings. The number of hydrogen-bond donors (Lipinski definition) is 1. The van der Waals surface area contributed by atoms with Gasteiger partial charge in [-0.05, 0) is 35.8 Å². The molecule has 2 unspecified atom stereocenters. The van der Waals surface area contributed by atoms with Gasteiger partial charge in [-0.15, -0.1) is 0 Å². The Morgan fingerprint density at radius 1 is 1.42 bits per heavy atom. The minimum atomic E-state index is -0.530. The normalized spacial score (nSPS) is 22.6. The lowest BCUT2D eigenvalue weighted by Gasteiger charge is -2.18. The minimum Gasteiger partial charge on any atom is -0.501 e. The zero-order chi connectivity index (χ0) is 17.1. The Morgan fingerprint density at radius 3 is 2.92 bits per heavy atom. The van der Waals surface area contributed by atoms with E-state index in [0.717, 1.165) is 6.42 Å². The predicted octanol–water partition coefficient (Wildman–Crippen LogP) is 2.29. The van der Waals surface area contributed by atoms with Crippen LogP contribution in [0.15, 0.2) is 36.6 Å². The Kier molecular flexibility index (Phi) is 4.64. The first-order chi connectivity index (χ1) is 11.5. The quantitative estimate of drug-likeness (QED) is 0.860. The van der Waals surface area contributed by atoms with Crippen molar-refractivity contribution in [3.63, 3.8) is 0 Å². The Balaban J connectivity index is 1.79. The van der Waals surface area contributed by atoms with Crippen LogP contribution in [-0.2, 0) is 19.1 Å². The highest BCUT2D eigenvalue weighted by Gasteiger charge is 2.27. The smallest absolute Gasteiger partial charge is 0.339 e. The third-order valence-electron chi connectivity index (χ3n) is 4.05. The lowest BCUT2D eigenvalue weighted by atomic mass is 9.92. The number of carbonyl (C=O) groups is 2. The van der Waals surface area contributed by atoms with Crippen LogP contribution in [0.25, 0.3) is 5.57 Å². The number of cyclic esters (lactones) is 1. The maximum atomic E-state index is 14.5. The van der Waals surface area contributed by atoms with E-state index in [2.05, 4.69) is 5.32 Å². The van der Waals surface area contributed by atoms with Crippen LogP contribution in [0.4, 0.5) is 4.39 Å². The fourth-order valence-corrected chi connectivity index (χ4v) is 2.81. The molecule has 0 fully saturated rings. The van der Waals surface area contributed by atoms with Crippen molar-refractivity contribution in [2.75, 3.05) is 13.2 Å². The zero-order valence-corrected chi connectivity index (χ0v) is 13.3. The number of nitrogens with one attached hydrogen (secondary N) is 1. The topological polar surface area (TPSA) is 64.6 Å². The molecular weight excluding hydrogens is 313 g/mol. The molecule has 5 nitrogen and oxygen atoms in total. The summed E-state index contributed by atoms with van der Waals surface area (Å²) in [7, 11) is 0. The molecule has 2 heterocycles. The predicted molar refractivity (Wildman–Crippen MR) is 85.4 cm³/mol. The van der Waals surface area contributed by atoms with Crippen molar-refractivity contribution in [3.8, 4) is 0 Å². The van der Waals surface area contributed by atoms with Gasteiger partial charge in [0.2, 0.25) is 5.91 Å². The molecule has 6 heteroatoms. The van der Waals surface area contributed by atoms with E-state index < -0.39 is 12.1 Å². The van der Waals surface area contributed by atoms with Gasteiger partial charge in [0.25, 0.3) is 0 Å². The molecule has 0 spiro atoms. The first-order valence-electron chi connectivity index (χ1n) is 7.80. The Hall–Kier alpha value is -2.63. The number of carbonyl (C=O) groups excluding carboxylic acids is 2. The van der Waals surface area contributed by atoms with E-state index in [4.69, 9.17) is 9.47 Å². The van der Waals surface area contributed by atoms with Crippen molar-refractivity contribution in [1.29, 1.82) is 0 Å². The van der Waals surface area contributed by atoms with Crippen LogP contribution in [0.2, 0.25) is 0 Å². The second-order valence-corrected chi connectivity index (χ2v) is 5.79. The standard InChI is InChI=1S/C18H18FNO4/c1-11(21)20-10-14-9-16(18(22)24-14)13-2-3-15(17(19)8-13)12-4-6-23-7-5-12/h2-4,6,8-9,12,14H,5,7,10H2,1H3,(H,20,21). The van der Waals surface area contributed by atoms with Crippen LogP contribution < -0.4 is 5.32 Å². The number of hydrogen-bond acceptors (Lipinski definition) is 4. The van der Waals surface area contributed by atoms with Crippen molar-refractivity contribution in [2.45, 2.75) is 25.4 Å². The minimum absolute atomic E-state index is 0.0233. The summed E-state index contributed by atoms with van der Waals surface area (Å²) >= 11 is 0. The van der Waals surface area contributed by atoms with Crippen molar-refractivity contribution in [3.05, 3.63) is 53.6 Å². The van der Waals surface area contributed by atoms with Gasteiger partial charge in [-0.2, -0.15) is 0 Å². The highest BCUT2D eigenvalue weighted by atomic mass is 19.1. The van der Waals surface area contributed by atoms with Crippen LogP contribution >= 0.6 is 0 Å². The molecule has 0 saturated carbocycles. The largest absolute Gasteiger partial charge is 0.501 e. The summed E-state index contributed by atoms with van der Waals surface area (Å²) < 4.78 is 24.8. The Bertz CT molecular complexity index is 726. The zero-order valence-electron chi connectivity index (χ0n) is 13.3. The number of allylic oxidation sites excluding steroid dienone is 1. The van der Waals surface area contributed by atoms with Crippen molar-refractivity contribution >= 4 is 17.4 Å². The van der Waals surface area contributed by atoms with Crippen LogP contribution in [-0.4, -0.2) is 31.1 Å². The second-order valence-electron chi connectivity index (χ2n) is 5.79. The summed E-state index contributed by atoms with van der Waals surface area (Å²) in [6.07, 6.45) is 5.22. The van der Waals surface area contributed by atoms with Gasteiger partial charge in [-0.3, -0.25) is 4.79 Å². The van der Waals surface area contributed by atoms with E-state index in [-0.39, 0.29) is 24.2 Å². The van der Waals surface area contributed by atoms with Crippen LogP contribution in [0, 0.1) is 5.82 Å². The number of ether oxygens (including phenoxy) is 2. The molecule has 0 aliphatic carbocycles. The van der Waals surface area contributed by atoms with Gasteiger partial charge in [0.05, 0.1) is 25.0 Å². The lowest BCUT2D eigenvalue weighted by molar-refractivity contribution is -0.138. The molecule has 0 radical (unpaired) electrons. The highest BCUT2D eigenvalue weighted by molar-refractivity contribution is 6.18. The second kappa shape index (κ2) is 6.86. The number of halogens is 1. The average molecular weight is 331 g/mol. The fourth-order valence-electron chi connectivity index (χ4n) is 2.81. The van der Waals surface area contributed by atoms with E-state index in [1.165, 1.54) is 13.0 Å². The van der Waals surface area contributed by atoms with Crippen LogP contribution in [0.3, 0.4) is 0 Å². The van der Waals surface area contributed by atoms with E-state index >= 15 is 0 Å². The molecule has 0 aromatic heterocycles. The monoisotopic (exact) mass is 331 g/mol. The third kappa shape index (κ3) is 3.48. The van der Waals surface area contributed by atoms with Gasteiger partial charge < -0.3 is 14.8 Å². The molecule has 1 aromatic carbocycles. The molecule has 2 atom stereocenters. The summed E-state index contributed by atoms with van der Waals surface area (Å²) in [4.78, 5) is 22.9. The number of esters is 1. The highest BCUT2D eigenvalue weighted by Crippen LogP contribution is 2.30. The molecule has 2 aliphatic heterocycles. The molecule has 24 heavy (non-hydrogen) atoms. The molecule has 1 amide bonds. The van der Waals surface area contributed by atoms with Crippen molar-refractivity contribution in [1.82, 2.24) is 5.32 Å². The van der Waals surface area contributed by atoms with Gasteiger partial charge in [-0.25, -0.2) is 9.18 Å². The van der Waals surface area contributed by atoms with Gasteiger partial charge >= 0.3 is 5.97 Å². The summed E-state index contributed by atoms with van der Waals surface area (Å²) in [5.41, 5.74) is 1.38. The Morgan fingerprint density at radius 2 is 2.25 bits per heavy atom. The Labute approximate surface area is 139 Å². The van der Waals surface area contributed by atoms with Crippen molar-refractivity contribution < 1.29 is 23.5 Å². The van der Waals surface area contributed by atoms with E-state index in [9.17, 15) is 14.0 Å². The molecule has 3 rings (SSSR count). The number of benzene rings is 1. The first-order valence-corrected chi connectivity index (χ1v) is 7.80. The maximum absolute atomic E-state index is 14.5. The summed E-state index contributed by atoms with van der Waals surface area (Å²) in [5, 5.41) is 2.59. The fraction of sp³-hybridized carbons (Fsp3) is 0.333. The van der Waals surface area contributed by atoms with Crippen molar-refractivity contribution in [2.24, 2.45) is 0 Å². The first kappa shape index (κ1) is 16.2. The van der Waals surface area contributed by atoms with Gasteiger partial charge in [0.15, 0.2) is 0 Å². The van der Waals surface area contributed by atoms with E-state index in [0.29, 0.717) is 23.3 Å². The maximum Gasteiger partial charge on any atom is 0.339 e. The molecule has 0 saturated heterocycles. The number of rotatable bonds is 4. The van der Waals surface area contributed by atoms with Gasteiger partial charge in [0, 0.05) is 12.8 Å². The van der Waals surface area contributed by atoms with Crippen LogP contribution in [0.5, 0.6) is 0 Å². The SMILES string of the molecule is CC(=O)NCC1C=C(c2ccc(C3C=COCC3)c(F)c2)C(=O)O1. The third-order valence-corrected chi connectivity index (χ3v) is 4.05. The molecule has 0 bridgehead atoms. The number of amides is 1. The molecular formula is C18H18FNO4. The molecule has 126 valence electrons. The molecule has 1 N–H and O–H groups in total. The van der Waals surface area contributed by atoms with Gasteiger partial charge in [0.1, 0.15) is 11.9 Å². The lowest BCUT2D eigenvalue weighted by Crippen LogP contribution is -2.29. The summed E-state index contributed by atoms with van der Waals surface area (Å²) in [6.45, 7) is 2.16. The summed E-state index contributed by atoms with van der Waals surface area (Å²) in [6, 6.07) is 4.77. The van der Waals surface area contributed by atoms with E-state index in [1.54, 1.807) is 24.5 Å². The van der Waals surface area contributed by atoms with Crippen LogP contribution in [0.1, 0.15) is 30.4 Å². The molecule has 2 aliphatic rings. The average Bonchev–Trinajstić information content (AvgIpc) is 2.94.